The molecule has 1 fully saturated rings. The van der Waals surface area contributed by atoms with Gasteiger partial charge in [-0.3, -0.25) is 4.99 Å². The fraction of sp³-hybridized carbons (Fsp3) is 0.900. The fourth-order valence-corrected chi connectivity index (χ4v) is 2.38. The highest BCUT2D eigenvalue weighted by Crippen LogP contribution is 2.31. The molecule has 5 heteroatoms. The van der Waals surface area contributed by atoms with Gasteiger partial charge < -0.3 is 19.7 Å². The first-order valence-electron chi connectivity index (χ1n) is 5.17. The zero-order valence-electron chi connectivity index (χ0n) is 8.96. The second kappa shape index (κ2) is 4.17. The molecule has 5 nitrogen and oxygen atoms in total. The third-order valence-electron chi connectivity index (χ3n) is 3.10. The second-order valence-electron chi connectivity index (χ2n) is 4.15. The molecule has 0 bridgehead atoms. The highest BCUT2D eigenvalue weighted by molar-refractivity contribution is 5.84. The van der Waals surface area contributed by atoms with Crippen molar-refractivity contribution in [3.8, 4) is 0 Å². The minimum Gasteiger partial charge on any atom is -0.394 e. The van der Waals surface area contributed by atoms with Crippen molar-refractivity contribution in [2.45, 2.75) is 43.8 Å². The molecular formula is C10H17NO4. The van der Waals surface area contributed by atoms with Gasteiger partial charge in [0.05, 0.1) is 12.7 Å². The van der Waals surface area contributed by atoms with Crippen LogP contribution in [0.2, 0.25) is 0 Å². The highest BCUT2D eigenvalue weighted by atomic mass is 16.6. The molecule has 5 atom stereocenters. The van der Waals surface area contributed by atoms with Gasteiger partial charge in [0, 0.05) is 19.2 Å². The van der Waals surface area contributed by atoms with E-state index in [-0.39, 0.29) is 18.8 Å². The van der Waals surface area contributed by atoms with Crippen LogP contribution in [0.1, 0.15) is 13.3 Å². The normalized spacial score (nSPS) is 45.1. The Morgan fingerprint density at radius 3 is 2.93 bits per heavy atom. The highest BCUT2D eigenvalue weighted by Gasteiger charge is 2.47. The van der Waals surface area contributed by atoms with Gasteiger partial charge in [0.2, 0.25) is 0 Å². The quantitative estimate of drug-likeness (QED) is 0.642. The second-order valence-corrected chi connectivity index (χ2v) is 4.15. The van der Waals surface area contributed by atoms with Gasteiger partial charge in [-0.05, 0) is 6.92 Å². The topological polar surface area (TPSA) is 71.3 Å². The summed E-state index contributed by atoms with van der Waals surface area (Å²) in [5.41, 5.74) is 0.984. The molecular weight excluding hydrogens is 198 g/mol. The van der Waals surface area contributed by atoms with Crippen LogP contribution in [0.5, 0.6) is 0 Å². The molecule has 2 unspecified atom stereocenters. The van der Waals surface area contributed by atoms with Crippen molar-refractivity contribution in [1.29, 1.82) is 0 Å². The molecule has 0 spiro atoms. The SMILES string of the molecule is CO[C@@H]1C(CO)O[C@@H]2CC(C)=NC2[C@H]1O. The van der Waals surface area contributed by atoms with Crippen molar-refractivity contribution in [2.24, 2.45) is 4.99 Å². The number of hydrogen-bond acceptors (Lipinski definition) is 5. The number of aliphatic hydroxyl groups excluding tert-OH is 2. The Balaban J connectivity index is 2.16. The number of nitrogens with zero attached hydrogens (tertiary/aromatic N) is 1. The van der Waals surface area contributed by atoms with E-state index < -0.39 is 18.3 Å². The van der Waals surface area contributed by atoms with Crippen molar-refractivity contribution in [3.05, 3.63) is 0 Å². The molecule has 0 aromatic heterocycles. The minimum absolute atomic E-state index is 0.108. The summed E-state index contributed by atoms with van der Waals surface area (Å²) in [7, 11) is 1.51. The summed E-state index contributed by atoms with van der Waals surface area (Å²) in [6.45, 7) is 1.78. The van der Waals surface area contributed by atoms with Gasteiger partial charge in [0.1, 0.15) is 24.4 Å². The van der Waals surface area contributed by atoms with Gasteiger partial charge in [0.25, 0.3) is 0 Å². The minimum atomic E-state index is -0.691. The average molecular weight is 215 g/mol. The van der Waals surface area contributed by atoms with Gasteiger partial charge in [-0.2, -0.15) is 0 Å². The summed E-state index contributed by atoms with van der Waals surface area (Å²) in [6.07, 6.45) is -1.01. The van der Waals surface area contributed by atoms with Crippen molar-refractivity contribution >= 4 is 5.71 Å². The molecule has 1 saturated heterocycles. The maximum absolute atomic E-state index is 10.0. The Bertz CT molecular complexity index is 268. The van der Waals surface area contributed by atoms with E-state index in [2.05, 4.69) is 4.99 Å². The van der Waals surface area contributed by atoms with E-state index in [1.54, 1.807) is 0 Å². The predicted molar refractivity (Wildman–Crippen MR) is 54.1 cm³/mol. The largest absolute Gasteiger partial charge is 0.394 e. The van der Waals surface area contributed by atoms with Crippen LogP contribution in [-0.2, 0) is 9.47 Å². The number of methoxy groups -OCH3 is 1. The summed E-state index contributed by atoms with van der Waals surface area (Å²) < 4.78 is 10.8. The Labute approximate surface area is 88.7 Å². The number of ether oxygens (including phenoxy) is 2. The fourth-order valence-electron chi connectivity index (χ4n) is 2.38. The molecule has 0 aromatic carbocycles. The van der Waals surface area contributed by atoms with Crippen molar-refractivity contribution in [2.75, 3.05) is 13.7 Å². The van der Waals surface area contributed by atoms with E-state index in [0.29, 0.717) is 0 Å². The first-order valence-corrected chi connectivity index (χ1v) is 5.17. The maximum atomic E-state index is 10.0. The van der Waals surface area contributed by atoms with Gasteiger partial charge in [0.15, 0.2) is 0 Å². The van der Waals surface area contributed by atoms with Crippen LogP contribution in [0.25, 0.3) is 0 Å². The third kappa shape index (κ3) is 1.80. The van der Waals surface area contributed by atoms with Crippen LogP contribution >= 0.6 is 0 Å². The molecule has 86 valence electrons. The van der Waals surface area contributed by atoms with Crippen LogP contribution < -0.4 is 0 Å². The summed E-state index contributed by atoms with van der Waals surface area (Å²) in [5.74, 6) is 0. The van der Waals surface area contributed by atoms with Crippen LogP contribution in [0.3, 0.4) is 0 Å². The Hall–Kier alpha value is -0.490. The summed E-state index contributed by atoms with van der Waals surface area (Å²) in [4.78, 5) is 4.34. The van der Waals surface area contributed by atoms with Crippen LogP contribution in [0.4, 0.5) is 0 Å². The van der Waals surface area contributed by atoms with Crippen molar-refractivity contribution in [3.63, 3.8) is 0 Å². The summed E-state index contributed by atoms with van der Waals surface area (Å²) >= 11 is 0. The monoisotopic (exact) mass is 215 g/mol. The smallest absolute Gasteiger partial charge is 0.114 e. The van der Waals surface area contributed by atoms with E-state index in [1.807, 2.05) is 6.92 Å². The van der Waals surface area contributed by atoms with Gasteiger partial charge in [-0.1, -0.05) is 0 Å². The van der Waals surface area contributed by atoms with E-state index in [0.717, 1.165) is 12.1 Å². The number of rotatable bonds is 2. The van der Waals surface area contributed by atoms with Gasteiger partial charge >= 0.3 is 0 Å². The molecule has 2 aliphatic heterocycles. The molecule has 0 saturated carbocycles. The van der Waals surface area contributed by atoms with Crippen LogP contribution in [0.15, 0.2) is 4.99 Å². The molecule has 0 amide bonds. The molecule has 15 heavy (non-hydrogen) atoms. The average Bonchev–Trinajstić information content (AvgIpc) is 2.59. The van der Waals surface area contributed by atoms with Crippen LogP contribution in [0, 0.1) is 0 Å². The molecule has 2 heterocycles. The zero-order valence-corrected chi connectivity index (χ0v) is 8.96. The molecule has 2 aliphatic rings. The van der Waals surface area contributed by atoms with Crippen LogP contribution in [-0.4, -0.2) is 60.1 Å². The lowest BCUT2D eigenvalue weighted by Crippen LogP contribution is -2.57. The van der Waals surface area contributed by atoms with Gasteiger partial charge in [-0.25, -0.2) is 0 Å². The number of hydrogen-bond donors (Lipinski definition) is 2. The molecule has 0 radical (unpaired) electrons. The Kier molecular flexibility index (Phi) is 3.06. The summed E-state index contributed by atoms with van der Waals surface area (Å²) in [6, 6.07) is -0.238. The lowest BCUT2D eigenvalue weighted by molar-refractivity contribution is -0.192. The van der Waals surface area contributed by atoms with E-state index in [9.17, 15) is 5.11 Å². The van der Waals surface area contributed by atoms with E-state index in [4.69, 9.17) is 14.6 Å². The third-order valence-corrected chi connectivity index (χ3v) is 3.10. The Morgan fingerprint density at radius 1 is 1.60 bits per heavy atom. The van der Waals surface area contributed by atoms with Crippen molar-refractivity contribution in [1.82, 2.24) is 0 Å². The predicted octanol–water partition coefficient (Wildman–Crippen LogP) is -0.645. The zero-order chi connectivity index (χ0) is 11.0. The van der Waals surface area contributed by atoms with E-state index >= 15 is 0 Å². The standard InChI is InChI=1S/C10H17NO4/c1-5-3-6-8(11-5)9(13)10(14-2)7(4-12)15-6/h6-10,12-13H,3-4H2,1-2H3/t6-,7?,8?,9-,10-/m1/s1. The first-order chi connectivity index (χ1) is 7.17. The molecule has 0 aliphatic carbocycles. The van der Waals surface area contributed by atoms with Gasteiger partial charge in [-0.15, -0.1) is 0 Å². The number of aliphatic imine (C=N–C) groups is 1. The molecule has 2 N–H and O–H groups in total. The molecule has 2 rings (SSSR count). The van der Waals surface area contributed by atoms with E-state index in [1.165, 1.54) is 7.11 Å². The lowest BCUT2D eigenvalue weighted by Gasteiger charge is -2.39. The Morgan fingerprint density at radius 2 is 2.33 bits per heavy atom. The number of aliphatic hydroxyl groups is 2. The van der Waals surface area contributed by atoms with Crippen molar-refractivity contribution < 1.29 is 19.7 Å². The lowest BCUT2D eigenvalue weighted by atomic mass is 9.93. The maximum Gasteiger partial charge on any atom is 0.114 e. The number of fused-ring (bicyclic) bond motifs is 1. The first kappa shape index (κ1) is 11.0. The summed E-state index contributed by atoms with van der Waals surface area (Å²) in [5, 5.41) is 19.2. The molecule has 0 aromatic rings.